The second-order valence-corrected chi connectivity index (χ2v) is 3.35. The number of hydrazone groups is 1. The van der Waals surface area contributed by atoms with Crippen molar-refractivity contribution in [1.82, 2.24) is 0 Å². The number of carbonyl (C=O) groups is 1. The molecule has 4 nitrogen and oxygen atoms in total. The molecule has 0 atom stereocenters. The van der Waals surface area contributed by atoms with Gasteiger partial charge in [-0.25, -0.2) is 4.79 Å². The van der Waals surface area contributed by atoms with Crippen molar-refractivity contribution in [2.75, 3.05) is 12.0 Å². The fourth-order valence-electron chi connectivity index (χ4n) is 0.863. The molecule has 1 N–H and O–H groups in total. The Morgan fingerprint density at radius 1 is 1.47 bits per heavy atom. The highest BCUT2D eigenvalue weighted by atomic mass is 79.9. The number of halogens is 1. The molecular weight excluding hydrogens is 260 g/mol. The number of hydrogen-bond acceptors (Lipinski definition) is 4. The van der Waals surface area contributed by atoms with Crippen LogP contribution >= 0.6 is 15.9 Å². The molecule has 80 valence electrons. The number of anilines is 1. The zero-order valence-corrected chi connectivity index (χ0v) is 9.82. The molecule has 0 aliphatic rings. The van der Waals surface area contributed by atoms with Gasteiger partial charge < -0.3 is 4.74 Å². The molecule has 1 aromatic rings. The predicted octanol–water partition coefficient (Wildman–Crippen LogP) is 2.37. The smallest absolute Gasteiger partial charge is 0.366 e. The van der Waals surface area contributed by atoms with E-state index in [9.17, 15) is 4.79 Å². The Morgan fingerprint density at radius 3 is 2.73 bits per heavy atom. The SMILES string of the molecule is CCOC(=O)C(Br)=NNc1ccccc1. The fraction of sp³-hybridized carbons (Fsp3) is 0.200. The van der Waals surface area contributed by atoms with Crippen molar-refractivity contribution in [3.63, 3.8) is 0 Å². The molecule has 0 unspecified atom stereocenters. The van der Waals surface area contributed by atoms with Gasteiger partial charge in [-0.3, -0.25) is 5.43 Å². The zero-order chi connectivity index (χ0) is 11.1. The van der Waals surface area contributed by atoms with E-state index in [1.54, 1.807) is 6.92 Å². The van der Waals surface area contributed by atoms with Gasteiger partial charge in [0.2, 0.25) is 4.62 Å². The van der Waals surface area contributed by atoms with E-state index in [0.717, 1.165) is 5.69 Å². The van der Waals surface area contributed by atoms with Crippen LogP contribution in [0.25, 0.3) is 0 Å². The number of para-hydroxylation sites is 1. The molecule has 0 aliphatic carbocycles. The summed E-state index contributed by atoms with van der Waals surface area (Å²) in [5.74, 6) is -0.485. The molecule has 5 heteroatoms. The first-order valence-corrected chi connectivity index (χ1v) is 5.24. The number of rotatable bonds is 4. The normalized spacial score (nSPS) is 10.9. The first-order valence-electron chi connectivity index (χ1n) is 4.45. The summed E-state index contributed by atoms with van der Waals surface area (Å²) < 4.78 is 4.85. The van der Waals surface area contributed by atoms with E-state index in [-0.39, 0.29) is 4.62 Å². The van der Waals surface area contributed by atoms with Gasteiger partial charge in [-0.15, -0.1) is 0 Å². The summed E-state index contributed by atoms with van der Waals surface area (Å²) >= 11 is 3.01. The molecule has 0 fully saturated rings. The van der Waals surface area contributed by atoms with Gasteiger partial charge in [-0.1, -0.05) is 18.2 Å². The predicted molar refractivity (Wildman–Crippen MR) is 63.1 cm³/mol. The van der Waals surface area contributed by atoms with Crippen LogP contribution in [-0.2, 0) is 9.53 Å². The number of carbonyl (C=O) groups excluding carboxylic acids is 1. The molecule has 0 heterocycles. The Hall–Kier alpha value is -1.36. The minimum Gasteiger partial charge on any atom is -0.461 e. The molecular formula is C10H11BrN2O2. The molecule has 0 saturated heterocycles. The Labute approximate surface area is 96.4 Å². The third-order valence-electron chi connectivity index (χ3n) is 1.50. The summed E-state index contributed by atoms with van der Waals surface area (Å²) in [5, 5.41) is 3.82. The fourth-order valence-corrected chi connectivity index (χ4v) is 1.07. The highest BCUT2D eigenvalue weighted by molar-refractivity contribution is 9.19. The van der Waals surface area contributed by atoms with E-state index >= 15 is 0 Å². The summed E-state index contributed by atoms with van der Waals surface area (Å²) in [5.41, 5.74) is 3.53. The van der Waals surface area contributed by atoms with Crippen LogP contribution < -0.4 is 5.43 Å². The van der Waals surface area contributed by atoms with Crippen LogP contribution in [0.2, 0.25) is 0 Å². The third kappa shape index (κ3) is 4.12. The summed E-state index contributed by atoms with van der Waals surface area (Å²) in [4.78, 5) is 11.1. The maximum absolute atomic E-state index is 11.1. The minimum absolute atomic E-state index is 0.119. The number of hydrogen-bond donors (Lipinski definition) is 1. The maximum Gasteiger partial charge on any atom is 0.366 e. The van der Waals surface area contributed by atoms with Crippen LogP contribution in [0.1, 0.15) is 6.92 Å². The number of benzene rings is 1. The second-order valence-electron chi connectivity index (χ2n) is 2.60. The molecule has 0 aliphatic heterocycles. The van der Waals surface area contributed by atoms with Crippen molar-refractivity contribution in [3.05, 3.63) is 30.3 Å². The first-order chi connectivity index (χ1) is 7.24. The van der Waals surface area contributed by atoms with E-state index in [2.05, 4.69) is 26.5 Å². The lowest BCUT2D eigenvalue weighted by molar-refractivity contribution is -0.134. The molecule has 0 spiro atoms. The minimum atomic E-state index is -0.485. The van der Waals surface area contributed by atoms with Crippen LogP contribution in [0, 0.1) is 0 Å². The second kappa shape index (κ2) is 6.19. The Kier molecular flexibility index (Phi) is 4.83. The van der Waals surface area contributed by atoms with E-state index in [1.807, 2.05) is 30.3 Å². The number of esters is 1. The van der Waals surface area contributed by atoms with Crippen LogP contribution in [0.4, 0.5) is 5.69 Å². The number of nitrogens with one attached hydrogen (secondary N) is 1. The topological polar surface area (TPSA) is 50.7 Å². The van der Waals surface area contributed by atoms with Crippen molar-refractivity contribution >= 4 is 32.2 Å². The van der Waals surface area contributed by atoms with Crippen molar-refractivity contribution < 1.29 is 9.53 Å². The number of nitrogens with zero attached hydrogens (tertiary/aromatic N) is 1. The molecule has 0 bridgehead atoms. The highest BCUT2D eigenvalue weighted by Gasteiger charge is 2.07. The molecule has 1 rings (SSSR count). The quantitative estimate of drug-likeness (QED) is 0.519. The van der Waals surface area contributed by atoms with E-state index in [4.69, 9.17) is 4.74 Å². The number of ether oxygens (including phenoxy) is 1. The molecule has 0 saturated carbocycles. The van der Waals surface area contributed by atoms with Crippen molar-refractivity contribution in [3.8, 4) is 0 Å². The molecule has 0 radical (unpaired) electrons. The van der Waals surface area contributed by atoms with E-state index in [1.165, 1.54) is 0 Å². The standard InChI is InChI=1S/C10H11BrN2O2/c1-2-15-10(14)9(11)13-12-8-6-4-3-5-7-8/h3-7,12H,2H2,1H3. The van der Waals surface area contributed by atoms with Crippen LogP contribution in [0.5, 0.6) is 0 Å². The average Bonchev–Trinajstić information content (AvgIpc) is 2.27. The van der Waals surface area contributed by atoms with Gasteiger partial charge in [-0.05, 0) is 35.0 Å². The lowest BCUT2D eigenvalue weighted by atomic mass is 10.3. The lowest BCUT2D eigenvalue weighted by Crippen LogP contribution is -2.12. The van der Waals surface area contributed by atoms with Crippen molar-refractivity contribution in [1.29, 1.82) is 0 Å². The van der Waals surface area contributed by atoms with Gasteiger partial charge in [0.15, 0.2) is 0 Å². The Balaban J connectivity index is 2.54. The third-order valence-corrected chi connectivity index (χ3v) is 2.00. The molecule has 0 aromatic heterocycles. The summed E-state index contributed by atoms with van der Waals surface area (Å²) in [6.45, 7) is 2.07. The molecule has 15 heavy (non-hydrogen) atoms. The van der Waals surface area contributed by atoms with E-state index in [0.29, 0.717) is 6.61 Å². The van der Waals surface area contributed by atoms with Gasteiger partial charge in [0.05, 0.1) is 12.3 Å². The van der Waals surface area contributed by atoms with Crippen LogP contribution in [0.15, 0.2) is 35.4 Å². The lowest BCUT2D eigenvalue weighted by Gasteiger charge is -2.01. The summed E-state index contributed by atoms with van der Waals surface area (Å²) in [7, 11) is 0. The van der Waals surface area contributed by atoms with Gasteiger partial charge in [0.25, 0.3) is 0 Å². The van der Waals surface area contributed by atoms with Gasteiger partial charge in [0, 0.05) is 0 Å². The van der Waals surface area contributed by atoms with Crippen LogP contribution in [0.3, 0.4) is 0 Å². The summed E-state index contributed by atoms with van der Waals surface area (Å²) in [6.07, 6.45) is 0. The monoisotopic (exact) mass is 270 g/mol. The van der Waals surface area contributed by atoms with Crippen molar-refractivity contribution in [2.24, 2.45) is 5.10 Å². The Morgan fingerprint density at radius 2 is 2.13 bits per heavy atom. The van der Waals surface area contributed by atoms with Crippen molar-refractivity contribution in [2.45, 2.75) is 6.92 Å². The van der Waals surface area contributed by atoms with E-state index < -0.39 is 5.97 Å². The van der Waals surface area contributed by atoms with Crippen LogP contribution in [-0.4, -0.2) is 17.2 Å². The first kappa shape index (κ1) is 11.7. The molecule has 0 amide bonds. The largest absolute Gasteiger partial charge is 0.461 e. The maximum atomic E-state index is 11.1. The van der Waals surface area contributed by atoms with Gasteiger partial charge in [0.1, 0.15) is 0 Å². The zero-order valence-electron chi connectivity index (χ0n) is 8.24. The Bertz CT molecular complexity index is 352. The summed E-state index contributed by atoms with van der Waals surface area (Å²) in [6, 6.07) is 9.32. The van der Waals surface area contributed by atoms with Gasteiger partial charge in [-0.2, -0.15) is 5.10 Å². The molecule has 1 aromatic carbocycles. The average molecular weight is 271 g/mol. The highest BCUT2D eigenvalue weighted by Crippen LogP contribution is 2.05. The van der Waals surface area contributed by atoms with Gasteiger partial charge >= 0.3 is 5.97 Å².